The van der Waals surface area contributed by atoms with Crippen LogP contribution in [0.5, 0.6) is 0 Å². The van der Waals surface area contributed by atoms with Gasteiger partial charge in [-0.2, -0.15) is 13.2 Å². The van der Waals surface area contributed by atoms with Crippen LogP contribution in [0.15, 0.2) is 24.3 Å². The molecule has 1 unspecified atom stereocenters. The van der Waals surface area contributed by atoms with Gasteiger partial charge in [-0.25, -0.2) is 0 Å². The lowest BCUT2D eigenvalue weighted by atomic mass is 10.0. The fraction of sp³-hybridized carbons (Fsp3) is 0.611. The standard InChI is InChI=1S/C18H23F3N2O2.ClH/c19-18(20,21)15-8-4-1-5-13(15)12-23(14-6-2-3-7-14)17(24)16-11-22-9-10-25-16;/h1,4-5,8,14,16,22H,2-3,6-7,9-12H2;1H. The van der Waals surface area contributed by atoms with E-state index in [1.165, 1.54) is 12.1 Å². The molecule has 1 aliphatic heterocycles. The van der Waals surface area contributed by atoms with Crippen molar-refractivity contribution in [2.45, 2.75) is 50.6 Å². The van der Waals surface area contributed by atoms with E-state index in [1.54, 1.807) is 11.0 Å². The van der Waals surface area contributed by atoms with Crippen molar-refractivity contribution in [3.05, 3.63) is 35.4 Å². The molecule has 1 atom stereocenters. The van der Waals surface area contributed by atoms with Crippen molar-refractivity contribution in [2.75, 3.05) is 19.7 Å². The monoisotopic (exact) mass is 392 g/mol. The Balaban J connectivity index is 0.00000243. The van der Waals surface area contributed by atoms with Crippen molar-refractivity contribution < 1.29 is 22.7 Å². The lowest BCUT2D eigenvalue weighted by Crippen LogP contribution is -2.51. The highest BCUT2D eigenvalue weighted by molar-refractivity contribution is 5.85. The molecule has 1 saturated heterocycles. The fourth-order valence-electron chi connectivity index (χ4n) is 3.63. The Hall–Kier alpha value is -1.31. The average molecular weight is 393 g/mol. The van der Waals surface area contributed by atoms with Crippen molar-refractivity contribution in [3.63, 3.8) is 0 Å². The molecule has 0 aromatic heterocycles. The summed E-state index contributed by atoms with van der Waals surface area (Å²) >= 11 is 0. The molecular weight excluding hydrogens is 369 g/mol. The minimum absolute atomic E-state index is 0. The highest BCUT2D eigenvalue weighted by atomic mass is 35.5. The number of rotatable bonds is 4. The second-order valence-electron chi connectivity index (χ2n) is 6.62. The van der Waals surface area contributed by atoms with E-state index < -0.39 is 17.8 Å². The van der Waals surface area contributed by atoms with E-state index in [0.29, 0.717) is 19.7 Å². The van der Waals surface area contributed by atoms with Crippen LogP contribution >= 0.6 is 12.4 Å². The molecule has 0 spiro atoms. The first-order valence-electron chi connectivity index (χ1n) is 8.74. The van der Waals surface area contributed by atoms with Crippen molar-refractivity contribution in [1.82, 2.24) is 10.2 Å². The van der Waals surface area contributed by atoms with Crippen LogP contribution in [0.1, 0.15) is 36.8 Å². The van der Waals surface area contributed by atoms with Gasteiger partial charge in [0.25, 0.3) is 5.91 Å². The Kier molecular flexibility index (Phi) is 7.32. The summed E-state index contributed by atoms with van der Waals surface area (Å²) in [7, 11) is 0. The smallest absolute Gasteiger partial charge is 0.366 e. The molecule has 8 heteroatoms. The number of ether oxygens (including phenoxy) is 1. The summed E-state index contributed by atoms with van der Waals surface area (Å²) in [5, 5.41) is 3.11. The van der Waals surface area contributed by atoms with Crippen LogP contribution in [0.4, 0.5) is 13.2 Å². The van der Waals surface area contributed by atoms with Gasteiger partial charge in [-0.3, -0.25) is 4.79 Å². The Bertz CT molecular complexity index is 600. The Morgan fingerprint density at radius 2 is 1.92 bits per heavy atom. The minimum Gasteiger partial charge on any atom is -0.366 e. The van der Waals surface area contributed by atoms with E-state index in [9.17, 15) is 18.0 Å². The number of hydrogen-bond acceptors (Lipinski definition) is 3. The van der Waals surface area contributed by atoms with Crippen LogP contribution in [0, 0.1) is 0 Å². The Morgan fingerprint density at radius 1 is 1.23 bits per heavy atom. The number of amides is 1. The van der Waals surface area contributed by atoms with Crippen molar-refractivity contribution in [2.24, 2.45) is 0 Å². The molecular formula is C18H24ClF3N2O2. The molecule has 1 aromatic rings. The summed E-state index contributed by atoms with van der Waals surface area (Å²) in [6.07, 6.45) is -1.38. The topological polar surface area (TPSA) is 41.6 Å². The van der Waals surface area contributed by atoms with Crippen LogP contribution in [-0.4, -0.2) is 42.6 Å². The zero-order valence-electron chi connectivity index (χ0n) is 14.4. The molecule has 146 valence electrons. The number of nitrogens with one attached hydrogen (secondary N) is 1. The Labute approximate surface area is 157 Å². The molecule has 0 bridgehead atoms. The maximum absolute atomic E-state index is 13.3. The van der Waals surface area contributed by atoms with Gasteiger partial charge in [0, 0.05) is 25.7 Å². The molecule has 26 heavy (non-hydrogen) atoms. The third-order valence-electron chi connectivity index (χ3n) is 4.92. The quantitative estimate of drug-likeness (QED) is 0.854. The predicted molar refractivity (Wildman–Crippen MR) is 94.1 cm³/mol. The van der Waals surface area contributed by atoms with Gasteiger partial charge in [0.1, 0.15) is 6.10 Å². The molecule has 3 rings (SSSR count). The van der Waals surface area contributed by atoms with Gasteiger partial charge in [-0.15, -0.1) is 12.4 Å². The SMILES string of the molecule is Cl.O=C(C1CNCCO1)N(Cc1ccccc1C(F)(F)F)C1CCCC1. The summed E-state index contributed by atoms with van der Waals surface area (Å²) in [6.45, 7) is 1.50. The van der Waals surface area contributed by atoms with Crippen molar-refractivity contribution in [3.8, 4) is 0 Å². The predicted octanol–water partition coefficient (Wildman–Crippen LogP) is 3.39. The molecule has 1 N–H and O–H groups in total. The number of carbonyl (C=O) groups excluding carboxylic acids is 1. The van der Waals surface area contributed by atoms with E-state index in [-0.39, 0.29) is 36.5 Å². The molecule has 1 aromatic carbocycles. The van der Waals surface area contributed by atoms with Gasteiger partial charge in [0.2, 0.25) is 0 Å². The van der Waals surface area contributed by atoms with Crippen LogP contribution in [0.3, 0.4) is 0 Å². The van der Waals surface area contributed by atoms with Gasteiger partial charge in [0.05, 0.1) is 12.2 Å². The number of benzene rings is 1. The summed E-state index contributed by atoms with van der Waals surface area (Å²) < 4.78 is 45.4. The highest BCUT2D eigenvalue weighted by Gasteiger charge is 2.37. The number of hydrogen-bond donors (Lipinski definition) is 1. The van der Waals surface area contributed by atoms with E-state index in [2.05, 4.69) is 5.32 Å². The van der Waals surface area contributed by atoms with E-state index >= 15 is 0 Å². The largest absolute Gasteiger partial charge is 0.416 e. The lowest BCUT2D eigenvalue weighted by Gasteiger charge is -2.34. The van der Waals surface area contributed by atoms with Gasteiger partial charge in [0.15, 0.2) is 0 Å². The number of nitrogens with zero attached hydrogens (tertiary/aromatic N) is 1. The third-order valence-corrected chi connectivity index (χ3v) is 4.92. The molecule has 4 nitrogen and oxygen atoms in total. The molecule has 2 aliphatic rings. The van der Waals surface area contributed by atoms with Crippen LogP contribution < -0.4 is 5.32 Å². The number of morpholine rings is 1. The Morgan fingerprint density at radius 3 is 2.54 bits per heavy atom. The van der Waals surface area contributed by atoms with E-state index in [0.717, 1.165) is 31.7 Å². The minimum atomic E-state index is -4.43. The van der Waals surface area contributed by atoms with Crippen LogP contribution in [0.25, 0.3) is 0 Å². The van der Waals surface area contributed by atoms with Gasteiger partial charge < -0.3 is 15.0 Å². The zero-order chi connectivity index (χ0) is 17.9. The maximum atomic E-state index is 13.3. The molecule has 1 saturated carbocycles. The second kappa shape index (κ2) is 9.06. The maximum Gasteiger partial charge on any atom is 0.416 e. The third kappa shape index (κ3) is 4.90. The summed E-state index contributed by atoms with van der Waals surface area (Å²) in [4.78, 5) is 14.5. The lowest BCUT2D eigenvalue weighted by molar-refractivity contribution is -0.149. The van der Waals surface area contributed by atoms with E-state index in [1.807, 2.05) is 0 Å². The molecule has 0 radical (unpaired) electrons. The normalized spacial score (nSPS) is 21.3. The van der Waals surface area contributed by atoms with Crippen LogP contribution in [0.2, 0.25) is 0 Å². The highest BCUT2D eigenvalue weighted by Crippen LogP contribution is 2.34. The fourth-order valence-corrected chi connectivity index (χ4v) is 3.63. The summed E-state index contributed by atoms with van der Waals surface area (Å²) in [6, 6.07) is 5.48. The first-order chi connectivity index (χ1) is 12.0. The molecule has 2 fully saturated rings. The first-order valence-corrected chi connectivity index (χ1v) is 8.74. The molecule has 1 heterocycles. The van der Waals surface area contributed by atoms with Crippen molar-refractivity contribution in [1.29, 1.82) is 0 Å². The van der Waals surface area contributed by atoms with Crippen LogP contribution in [-0.2, 0) is 22.3 Å². The van der Waals surface area contributed by atoms with Crippen molar-refractivity contribution >= 4 is 18.3 Å². The van der Waals surface area contributed by atoms with Gasteiger partial charge in [-0.05, 0) is 24.5 Å². The molecule has 1 amide bonds. The second-order valence-corrected chi connectivity index (χ2v) is 6.62. The number of alkyl halides is 3. The number of carbonyl (C=O) groups is 1. The number of halogens is 4. The van der Waals surface area contributed by atoms with Gasteiger partial charge >= 0.3 is 6.18 Å². The van der Waals surface area contributed by atoms with Gasteiger partial charge in [-0.1, -0.05) is 31.0 Å². The average Bonchev–Trinajstić information content (AvgIpc) is 3.13. The first kappa shape index (κ1) is 21.0. The molecule has 1 aliphatic carbocycles. The van der Waals surface area contributed by atoms with E-state index in [4.69, 9.17) is 4.74 Å². The summed E-state index contributed by atoms with van der Waals surface area (Å²) in [5.74, 6) is -0.212. The zero-order valence-corrected chi connectivity index (χ0v) is 15.2. The summed E-state index contributed by atoms with van der Waals surface area (Å²) in [5.41, 5.74) is -0.535.